The van der Waals surface area contributed by atoms with Gasteiger partial charge in [0.25, 0.3) is 0 Å². The van der Waals surface area contributed by atoms with E-state index in [-0.39, 0.29) is 5.91 Å². The minimum Gasteiger partial charge on any atom is -0.390 e. The molecule has 1 aliphatic heterocycles. The number of anilines is 1. The molecule has 2 rings (SSSR count). The van der Waals surface area contributed by atoms with E-state index in [1.165, 1.54) is 0 Å². The molecule has 0 aromatic heterocycles. The molecule has 1 amide bonds. The molecule has 0 saturated heterocycles. The van der Waals surface area contributed by atoms with Crippen molar-refractivity contribution in [3.63, 3.8) is 0 Å². The van der Waals surface area contributed by atoms with Gasteiger partial charge < -0.3 is 15.5 Å². The van der Waals surface area contributed by atoms with Gasteiger partial charge in [-0.25, -0.2) is 0 Å². The van der Waals surface area contributed by atoms with Gasteiger partial charge >= 0.3 is 0 Å². The standard InChI is InChI=1S/C12H14ClNO3/c13-4-3-10(15)12(17)7-1-2-9-8(5-7)6-11(16)14-9/h1-2,5,10,12,15,17H,3-4,6H2,(H,14,16). The summed E-state index contributed by atoms with van der Waals surface area (Å²) in [6.45, 7) is 0. The summed E-state index contributed by atoms with van der Waals surface area (Å²) in [5.41, 5.74) is 2.24. The number of nitrogens with one attached hydrogen (secondary N) is 1. The number of hydrogen-bond acceptors (Lipinski definition) is 3. The van der Waals surface area contributed by atoms with Crippen LogP contribution in [-0.2, 0) is 11.2 Å². The van der Waals surface area contributed by atoms with Crippen LogP contribution in [0, 0.1) is 0 Å². The second-order valence-corrected chi connectivity index (χ2v) is 4.51. The van der Waals surface area contributed by atoms with Gasteiger partial charge in [-0.1, -0.05) is 12.1 Å². The molecule has 2 atom stereocenters. The molecule has 92 valence electrons. The molecule has 0 saturated carbocycles. The highest BCUT2D eigenvalue weighted by molar-refractivity contribution is 6.17. The number of amides is 1. The Bertz CT molecular complexity index is 436. The number of rotatable bonds is 4. The first-order valence-electron chi connectivity index (χ1n) is 5.46. The molecule has 1 aromatic rings. The van der Waals surface area contributed by atoms with E-state index in [9.17, 15) is 15.0 Å². The second-order valence-electron chi connectivity index (χ2n) is 4.13. The maximum Gasteiger partial charge on any atom is 0.228 e. The third-order valence-corrected chi connectivity index (χ3v) is 3.08. The van der Waals surface area contributed by atoms with Gasteiger partial charge in [-0.05, 0) is 23.6 Å². The van der Waals surface area contributed by atoms with Gasteiger partial charge in [-0.2, -0.15) is 0 Å². The first-order chi connectivity index (χ1) is 8.11. The van der Waals surface area contributed by atoms with Gasteiger partial charge in [0, 0.05) is 11.6 Å². The summed E-state index contributed by atoms with van der Waals surface area (Å²) < 4.78 is 0. The van der Waals surface area contributed by atoms with Gasteiger partial charge in [0.05, 0.1) is 12.5 Å². The molecule has 1 heterocycles. The molecular formula is C12H14ClNO3. The molecule has 0 fully saturated rings. The number of aliphatic hydroxyl groups is 2. The number of alkyl halides is 1. The first kappa shape index (κ1) is 12.4. The monoisotopic (exact) mass is 255 g/mol. The van der Waals surface area contributed by atoms with Crippen molar-refractivity contribution in [3.8, 4) is 0 Å². The fourth-order valence-corrected chi connectivity index (χ4v) is 2.15. The number of fused-ring (bicyclic) bond motifs is 1. The fourth-order valence-electron chi connectivity index (χ4n) is 1.92. The number of halogens is 1. The van der Waals surface area contributed by atoms with Crippen LogP contribution in [0.4, 0.5) is 5.69 Å². The largest absolute Gasteiger partial charge is 0.390 e. The highest BCUT2D eigenvalue weighted by Crippen LogP contribution is 2.28. The summed E-state index contributed by atoms with van der Waals surface area (Å²) >= 11 is 5.52. The number of hydrogen-bond donors (Lipinski definition) is 3. The van der Waals surface area contributed by atoms with Crippen molar-refractivity contribution >= 4 is 23.2 Å². The molecule has 0 bridgehead atoms. The van der Waals surface area contributed by atoms with Gasteiger partial charge in [0.2, 0.25) is 5.91 Å². The van der Waals surface area contributed by atoms with Gasteiger partial charge in [-0.15, -0.1) is 11.6 Å². The van der Waals surface area contributed by atoms with Crippen LogP contribution in [0.5, 0.6) is 0 Å². The van der Waals surface area contributed by atoms with E-state index in [0.717, 1.165) is 11.3 Å². The minimum atomic E-state index is -0.963. The maximum absolute atomic E-state index is 11.2. The smallest absolute Gasteiger partial charge is 0.228 e. The molecule has 1 aromatic carbocycles. The summed E-state index contributed by atoms with van der Waals surface area (Å²) in [6, 6.07) is 5.19. The van der Waals surface area contributed by atoms with Crippen LogP contribution >= 0.6 is 11.6 Å². The van der Waals surface area contributed by atoms with Crippen LogP contribution in [0.2, 0.25) is 0 Å². The average Bonchev–Trinajstić information content (AvgIpc) is 2.67. The zero-order valence-corrected chi connectivity index (χ0v) is 9.94. The van der Waals surface area contributed by atoms with Crippen molar-refractivity contribution in [2.24, 2.45) is 0 Å². The number of carbonyl (C=O) groups excluding carboxylic acids is 1. The summed E-state index contributed by atoms with van der Waals surface area (Å²) in [5.74, 6) is 0.247. The van der Waals surface area contributed by atoms with Crippen LogP contribution in [0.1, 0.15) is 23.7 Å². The molecule has 4 nitrogen and oxygen atoms in total. The van der Waals surface area contributed by atoms with E-state index in [1.807, 2.05) is 0 Å². The summed E-state index contributed by atoms with van der Waals surface area (Å²) in [7, 11) is 0. The Hall–Kier alpha value is -1.10. The number of carbonyl (C=O) groups is 1. The Kier molecular flexibility index (Phi) is 3.66. The van der Waals surface area contributed by atoms with E-state index in [4.69, 9.17) is 11.6 Å². The molecule has 17 heavy (non-hydrogen) atoms. The van der Waals surface area contributed by atoms with Crippen LogP contribution in [-0.4, -0.2) is 28.1 Å². The molecule has 0 aliphatic carbocycles. The van der Waals surface area contributed by atoms with Crippen molar-refractivity contribution in [3.05, 3.63) is 29.3 Å². The predicted molar refractivity (Wildman–Crippen MR) is 65.1 cm³/mol. The molecule has 1 aliphatic rings. The third kappa shape index (κ3) is 2.60. The van der Waals surface area contributed by atoms with Crippen molar-refractivity contribution in [1.29, 1.82) is 0 Å². The Labute approximate surface area is 104 Å². The average molecular weight is 256 g/mol. The Morgan fingerprint density at radius 2 is 2.18 bits per heavy atom. The Morgan fingerprint density at radius 3 is 2.88 bits per heavy atom. The normalized spacial score (nSPS) is 17.5. The first-order valence-corrected chi connectivity index (χ1v) is 6.00. The highest BCUT2D eigenvalue weighted by Gasteiger charge is 2.22. The van der Waals surface area contributed by atoms with E-state index in [2.05, 4.69) is 5.32 Å². The van der Waals surface area contributed by atoms with Crippen molar-refractivity contribution in [2.45, 2.75) is 25.0 Å². The van der Waals surface area contributed by atoms with Gasteiger partial charge in [0.1, 0.15) is 6.10 Å². The highest BCUT2D eigenvalue weighted by atomic mass is 35.5. The lowest BCUT2D eigenvalue weighted by Gasteiger charge is -2.17. The van der Waals surface area contributed by atoms with E-state index < -0.39 is 12.2 Å². The lowest BCUT2D eigenvalue weighted by atomic mass is 9.99. The molecule has 3 N–H and O–H groups in total. The lowest BCUT2D eigenvalue weighted by molar-refractivity contribution is -0.115. The summed E-state index contributed by atoms with van der Waals surface area (Å²) in [4.78, 5) is 11.2. The second kappa shape index (κ2) is 5.04. The summed E-state index contributed by atoms with van der Waals surface area (Å²) in [5, 5.41) is 22.3. The molecular weight excluding hydrogens is 242 g/mol. The lowest BCUT2D eigenvalue weighted by Crippen LogP contribution is -2.18. The van der Waals surface area contributed by atoms with Crippen LogP contribution in [0.25, 0.3) is 0 Å². The number of aliphatic hydroxyl groups excluding tert-OH is 2. The van der Waals surface area contributed by atoms with Crippen molar-refractivity contribution in [2.75, 3.05) is 11.2 Å². The third-order valence-electron chi connectivity index (χ3n) is 2.87. The fraction of sp³-hybridized carbons (Fsp3) is 0.417. The van der Waals surface area contributed by atoms with Gasteiger partial charge in [0.15, 0.2) is 0 Å². The predicted octanol–water partition coefficient (Wildman–Crippen LogP) is 1.20. The molecule has 0 spiro atoms. The summed E-state index contributed by atoms with van der Waals surface area (Å²) in [6.07, 6.45) is -1.19. The zero-order chi connectivity index (χ0) is 12.4. The Morgan fingerprint density at radius 1 is 1.41 bits per heavy atom. The zero-order valence-electron chi connectivity index (χ0n) is 9.19. The number of benzene rings is 1. The van der Waals surface area contributed by atoms with Crippen LogP contribution in [0.15, 0.2) is 18.2 Å². The molecule has 2 unspecified atom stereocenters. The SMILES string of the molecule is O=C1Cc2cc(C(O)C(O)CCCl)ccc2N1. The van der Waals surface area contributed by atoms with Crippen LogP contribution in [0.3, 0.4) is 0 Å². The molecule has 5 heteroatoms. The van der Waals surface area contributed by atoms with Crippen molar-refractivity contribution < 1.29 is 15.0 Å². The van der Waals surface area contributed by atoms with Gasteiger partial charge in [-0.3, -0.25) is 4.79 Å². The molecule has 0 radical (unpaired) electrons. The van der Waals surface area contributed by atoms with Crippen LogP contribution < -0.4 is 5.32 Å². The Balaban J connectivity index is 2.18. The quantitative estimate of drug-likeness (QED) is 0.708. The van der Waals surface area contributed by atoms with E-state index in [1.54, 1.807) is 18.2 Å². The van der Waals surface area contributed by atoms with E-state index in [0.29, 0.717) is 24.3 Å². The van der Waals surface area contributed by atoms with Crippen molar-refractivity contribution in [1.82, 2.24) is 0 Å². The maximum atomic E-state index is 11.2. The minimum absolute atomic E-state index is 0.0482. The topological polar surface area (TPSA) is 69.6 Å². The van der Waals surface area contributed by atoms with E-state index >= 15 is 0 Å².